The molecule has 3 heterocycles. The van der Waals surface area contributed by atoms with E-state index in [1.54, 1.807) is 11.0 Å². The van der Waals surface area contributed by atoms with Gasteiger partial charge in [-0.2, -0.15) is 5.10 Å². The average Bonchev–Trinajstić information content (AvgIpc) is 3.31. The molecule has 4 rings (SSSR count). The van der Waals surface area contributed by atoms with Crippen molar-refractivity contribution in [3.8, 4) is 0 Å². The first kappa shape index (κ1) is 18.2. The Labute approximate surface area is 162 Å². The molecular formula is C20H22N4O4. The summed E-state index contributed by atoms with van der Waals surface area (Å²) in [5, 5.41) is 6.76. The topological polar surface area (TPSA) is 95.6 Å². The van der Waals surface area contributed by atoms with Crippen molar-refractivity contribution in [1.29, 1.82) is 0 Å². The van der Waals surface area contributed by atoms with Crippen LogP contribution in [0, 0.1) is 12.8 Å². The largest absolute Gasteiger partial charge is 0.469 e. The van der Waals surface area contributed by atoms with Crippen molar-refractivity contribution in [3.63, 3.8) is 0 Å². The number of nitrogens with zero attached hydrogens (tertiary/aromatic N) is 3. The van der Waals surface area contributed by atoms with Gasteiger partial charge in [-0.3, -0.25) is 19.5 Å². The summed E-state index contributed by atoms with van der Waals surface area (Å²) in [7, 11) is 1.36. The fourth-order valence-electron chi connectivity index (χ4n) is 4.31. The van der Waals surface area contributed by atoms with Crippen LogP contribution in [0.15, 0.2) is 36.4 Å². The van der Waals surface area contributed by atoms with E-state index in [1.165, 1.54) is 12.0 Å². The molecule has 0 spiro atoms. The van der Waals surface area contributed by atoms with Crippen molar-refractivity contribution < 1.29 is 19.1 Å². The Hall–Kier alpha value is -3.16. The van der Waals surface area contributed by atoms with Gasteiger partial charge >= 0.3 is 5.97 Å². The van der Waals surface area contributed by atoms with Gasteiger partial charge in [-0.1, -0.05) is 30.3 Å². The number of ether oxygens (including phenoxy) is 1. The number of carbonyl (C=O) groups is 3. The molecule has 0 aliphatic carbocycles. The number of carbonyl (C=O) groups excluding carboxylic acids is 3. The first-order valence-corrected chi connectivity index (χ1v) is 9.25. The third-order valence-electron chi connectivity index (χ3n) is 5.50. The summed E-state index contributed by atoms with van der Waals surface area (Å²) in [5.74, 6) is -1.24. The molecule has 0 radical (unpaired) electrons. The molecule has 2 saturated heterocycles. The predicted molar refractivity (Wildman–Crippen MR) is 99.2 cm³/mol. The molecule has 0 bridgehead atoms. The van der Waals surface area contributed by atoms with E-state index in [-0.39, 0.29) is 36.4 Å². The van der Waals surface area contributed by atoms with E-state index in [2.05, 4.69) is 10.2 Å². The zero-order valence-electron chi connectivity index (χ0n) is 15.8. The molecular weight excluding hydrogens is 360 g/mol. The summed E-state index contributed by atoms with van der Waals surface area (Å²) in [6.07, 6.45) is 0.460. The lowest BCUT2D eigenvalue weighted by Gasteiger charge is -2.39. The van der Waals surface area contributed by atoms with Gasteiger partial charge < -0.3 is 14.5 Å². The van der Waals surface area contributed by atoms with Crippen LogP contribution in [-0.2, 0) is 14.3 Å². The number of fused-ring (bicyclic) bond motifs is 1. The second kappa shape index (κ2) is 7.10. The molecule has 1 N–H and O–H groups in total. The Morgan fingerprint density at radius 3 is 2.64 bits per heavy atom. The number of aromatic amines is 1. The minimum Gasteiger partial charge on any atom is -0.469 e. The van der Waals surface area contributed by atoms with Gasteiger partial charge in [0.1, 0.15) is 12.2 Å². The van der Waals surface area contributed by atoms with Gasteiger partial charge in [-0.25, -0.2) is 0 Å². The number of methoxy groups -OCH3 is 1. The van der Waals surface area contributed by atoms with Crippen LogP contribution in [0.1, 0.15) is 34.2 Å². The standard InChI is InChI=1S/C20H22N4O4/c1-12-8-16(22-21-12)19(26)23-10-14-9-15(20(27)28-2)18(24(14)17(25)11-23)13-6-4-3-5-7-13/h3-8,14-15,18H,9-11H2,1-2H3,(H,21,22)/t14-,15-,18-/m0/s1. The SMILES string of the molecule is COC(=O)[C@H]1C[C@H]2CN(C(=O)c3cc(C)[nH]n3)CC(=O)N2[C@H]1c1ccccc1. The smallest absolute Gasteiger partial charge is 0.311 e. The van der Waals surface area contributed by atoms with E-state index < -0.39 is 5.92 Å². The highest BCUT2D eigenvalue weighted by Crippen LogP contribution is 2.43. The number of hydrogen-bond acceptors (Lipinski definition) is 5. The Morgan fingerprint density at radius 1 is 1.25 bits per heavy atom. The molecule has 0 saturated carbocycles. The zero-order valence-corrected chi connectivity index (χ0v) is 15.8. The summed E-state index contributed by atoms with van der Waals surface area (Å²) in [5.41, 5.74) is 1.97. The first-order valence-electron chi connectivity index (χ1n) is 9.25. The van der Waals surface area contributed by atoms with Gasteiger partial charge in [-0.05, 0) is 25.0 Å². The molecule has 2 aliphatic rings. The lowest BCUT2D eigenvalue weighted by atomic mass is 9.93. The highest BCUT2D eigenvalue weighted by Gasteiger charge is 2.51. The second-order valence-corrected chi connectivity index (χ2v) is 7.30. The van der Waals surface area contributed by atoms with Crippen LogP contribution in [0.4, 0.5) is 0 Å². The minimum atomic E-state index is -0.455. The van der Waals surface area contributed by atoms with Crippen molar-refractivity contribution in [3.05, 3.63) is 53.3 Å². The molecule has 28 heavy (non-hydrogen) atoms. The van der Waals surface area contributed by atoms with Crippen LogP contribution in [-0.4, -0.2) is 64.0 Å². The van der Waals surface area contributed by atoms with Crippen molar-refractivity contribution >= 4 is 17.8 Å². The number of aromatic nitrogens is 2. The molecule has 8 heteroatoms. The van der Waals surface area contributed by atoms with Crippen molar-refractivity contribution in [1.82, 2.24) is 20.0 Å². The maximum absolute atomic E-state index is 13.0. The van der Waals surface area contributed by atoms with Crippen molar-refractivity contribution in [2.75, 3.05) is 20.2 Å². The molecule has 0 unspecified atom stereocenters. The van der Waals surface area contributed by atoms with E-state index in [0.717, 1.165) is 11.3 Å². The van der Waals surface area contributed by atoms with Crippen molar-refractivity contribution in [2.45, 2.75) is 25.4 Å². The quantitative estimate of drug-likeness (QED) is 0.808. The Morgan fingerprint density at radius 2 is 2.00 bits per heavy atom. The summed E-state index contributed by atoms with van der Waals surface area (Å²) in [4.78, 5) is 41.5. The molecule has 2 aliphatic heterocycles. The second-order valence-electron chi connectivity index (χ2n) is 7.30. The summed E-state index contributed by atoms with van der Waals surface area (Å²) in [6.45, 7) is 2.15. The van der Waals surface area contributed by atoms with Gasteiger partial charge in [0.25, 0.3) is 5.91 Å². The average molecular weight is 382 g/mol. The highest BCUT2D eigenvalue weighted by atomic mass is 16.5. The number of amides is 2. The van der Waals surface area contributed by atoms with Crippen LogP contribution in [0.5, 0.6) is 0 Å². The maximum atomic E-state index is 13.0. The van der Waals surface area contributed by atoms with E-state index in [4.69, 9.17) is 4.74 Å². The monoisotopic (exact) mass is 382 g/mol. The van der Waals surface area contributed by atoms with Crippen LogP contribution in [0.2, 0.25) is 0 Å². The van der Waals surface area contributed by atoms with E-state index in [1.807, 2.05) is 37.3 Å². The normalized spacial score (nSPS) is 24.2. The molecule has 2 aromatic rings. The fraction of sp³-hybridized carbons (Fsp3) is 0.400. The number of piperazine rings is 1. The summed E-state index contributed by atoms with van der Waals surface area (Å²) in [6, 6.07) is 10.6. The van der Waals surface area contributed by atoms with Crippen LogP contribution in [0.25, 0.3) is 0 Å². The molecule has 1 aromatic carbocycles. The van der Waals surface area contributed by atoms with Gasteiger partial charge in [0.15, 0.2) is 0 Å². The summed E-state index contributed by atoms with van der Waals surface area (Å²) < 4.78 is 5.00. The Bertz CT molecular complexity index is 910. The van der Waals surface area contributed by atoms with Gasteiger partial charge in [-0.15, -0.1) is 0 Å². The van der Waals surface area contributed by atoms with Gasteiger partial charge in [0, 0.05) is 12.2 Å². The number of benzene rings is 1. The maximum Gasteiger partial charge on any atom is 0.311 e. The van der Waals surface area contributed by atoms with Crippen molar-refractivity contribution in [2.24, 2.45) is 5.92 Å². The Kier molecular flexibility index (Phi) is 4.62. The van der Waals surface area contributed by atoms with Gasteiger partial charge in [0.05, 0.1) is 25.1 Å². The number of rotatable bonds is 3. The fourth-order valence-corrected chi connectivity index (χ4v) is 4.31. The number of nitrogens with one attached hydrogen (secondary N) is 1. The molecule has 8 nitrogen and oxygen atoms in total. The zero-order chi connectivity index (χ0) is 19.8. The number of aryl methyl sites for hydroxylation is 1. The number of esters is 1. The molecule has 1 aromatic heterocycles. The van der Waals surface area contributed by atoms with Crippen LogP contribution >= 0.6 is 0 Å². The Balaban J connectivity index is 1.62. The summed E-state index contributed by atoms with van der Waals surface area (Å²) >= 11 is 0. The minimum absolute atomic E-state index is 0.0293. The number of hydrogen-bond donors (Lipinski definition) is 1. The van der Waals surface area contributed by atoms with E-state index in [9.17, 15) is 14.4 Å². The lowest BCUT2D eigenvalue weighted by Crippen LogP contribution is -2.56. The predicted octanol–water partition coefficient (Wildman–Crippen LogP) is 1.31. The van der Waals surface area contributed by atoms with Crippen LogP contribution in [0.3, 0.4) is 0 Å². The van der Waals surface area contributed by atoms with E-state index in [0.29, 0.717) is 18.7 Å². The first-order chi connectivity index (χ1) is 13.5. The lowest BCUT2D eigenvalue weighted by molar-refractivity contribution is -0.147. The van der Waals surface area contributed by atoms with E-state index >= 15 is 0 Å². The molecule has 2 amide bonds. The highest BCUT2D eigenvalue weighted by molar-refractivity contribution is 5.96. The molecule has 146 valence electrons. The number of H-pyrrole nitrogens is 1. The van der Waals surface area contributed by atoms with Gasteiger partial charge in [0.2, 0.25) is 5.91 Å². The third kappa shape index (κ3) is 3.04. The molecule has 2 fully saturated rings. The molecule has 3 atom stereocenters. The van der Waals surface area contributed by atoms with Crippen LogP contribution < -0.4 is 0 Å². The third-order valence-corrected chi connectivity index (χ3v) is 5.50.